The maximum atomic E-state index is 13.7. The number of ketones is 1. The van der Waals surface area contributed by atoms with E-state index in [1.54, 1.807) is 18.7 Å². The highest BCUT2D eigenvalue weighted by Crippen LogP contribution is 2.65. The lowest BCUT2D eigenvalue weighted by Gasteiger charge is -2.38. The zero-order valence-corrected chi connectivity index (χ0v) is 21.4. The molecule has 190 valence electrons. The minimum Gasteiger partial charge on any atom is -0.363 e. The standard InChI is InChI=1S/C25H40N4O5/c1-12(2)21(32)28-19(24(3,4)5)23(34)29-11-14-16(25(14,6)7)17(29)22(33)27-15(10-13-8-9-13)18(30)20(26)31/h12-17,19H,8-11H2,1-7H3,(H2,26,31)(H,27,33)(H,28,32)/t14-,15?,16?,17-,19+/m0/s1. The van der Waals surface area contributed by atoms with Gasteiger partial charge in [0.1, 0.15) is 12.1 Å². The van der Waals surface area contributed by atoms with Crippen molar-refractivity contribution in [3.05, 3.63) is 0 Å². The van der Waals surface area contributed by atoms with Crippen LogP contribution in [0.15, 0.2) is 0 Å². The summed E-state index contributed by atoms with van der Waals surface area (Å²) in [6.07, 6.45) is 2.28. The molecule has 5 atom stereocenters. The normalized spacial score (nSPS) is 26.9. The number of nitrogens with one attached hydrogen (secondary N) is 2. The van der Waals surface area contributed by atoms with Crippen LogP contribution in [0.2, 0.25) is 0 Å². The van der Waals surface area contributed by atoms with Crippen LogP contribution in [0.1, 0.15) is 67.7 Å². The second-order valence-electron chi connectivity index (χ2n) is 12.3. The molecule has 4 amide bonds. The molecule has 2 unspecified atom stereocenters. The molecule has 1 heterocycles. The molecule has 34 heavy (non-hydrogen) atoms. The first-order valence-electron chi connectivity index (χ1n) is 12.3. The fraction of sp³-hybridized carbons (Fsp3) is 0.800. The molecule has 0 spiro atoms. The summed E-state index contributed by atoms with van der Waals surface area (Å²) in [6.45, 7) is 13.7. The first kappa shape index (κ1) is 26.2. The highest BCUT2D eigenvalue weighted by atomic mass is 16.2. The SMILES string of the molecule is CC(C)C(=O)N[C@H](C(=O)N1C[C@H]2C([C@H]1C(=O)NC(CC1CC1)C(=O)C(N)=O)C2(C)C)C(C)(C)C. The summed E-state index contributed by atoms with van der Waals surface area (Å²) < 4.78 is 0. The van der Waals surface area contributed by atoms with Gasteiger partial charge in [0.05, 0.1) is 6.04 Å². The Balaban J connectivity index is 1.85. The van der Waals surface area contributed by atoms with Gasteiger partial charge in [-0.05, 0) is 35.0 Å². The zero-order chi connectivity index (χ0) is 25.7. The lowest BCUT2D eigenvalue weighted by Crippen LogP contribution is -2.60. The van der Waals surface area contributed by atoms with Crippen molar-refractivity contribution in [3.63, 3.8) is 0 Å². The third-order valence-electron chi connectivity index (χ3n) is 7.83. The van der Waals surface area contributed by atoms with E-state index in [1.165, 1.54) is 0 Å². The van der Waals surface area contributed by atoms with Crippen LogP contribution in [-0.2, 0) is 24.0 Å². The first-order chi connectivity index (χ1) is 15.6. The molecule has 1 aliphatic heterocycles. The molecule has 0 bridgehead atoms. The van der Waals surface area contributed by atoms with Crippen LogP contribution in [0.4, 0.5) is 0 Å². The van der Waals surface area contributed by atoms with E-state index < -0.39 is 41.1 Å². The number of likely N-dealkylation sites (tertiary alicyclic amines) is 1. The van der Waals surface area contributed by atoms with Crippen LogP contribution in [0.3, 0.4) is 0 Å². The molecular formula is C25H40N4O5. The van der Waals surface area contributed by atoms with E-state index in [1.807, 2.05) is 20.8 Å². The van der Waals surface area contributed by atoms with Crippen molar-refractivity contribution in [2.75, 3.05) is 6.54 Å². The van der Waals surface area contributed by atoms with Crippen LogP contribution >= 0.6 is 0 Å². The monoisotopic (exact) mass is 476 g/mol. The van der Waals surface area contributed by atoms with Crippen molar-refractivity contribution >= 4 is 29.4 Å². The van der Waals surface area contributed by atoms with Gasteiger partial charge in [-0.15, -0.1) is 0 Å². The molecule has 3 aliphatic rings. The molecule has 3 fully saturated rings. The largest absolute Gasteiger partial charge is 0.363 e. The van der Waals surface area contributed by atoms with Crippen molar-refractivity contribution in [2.24, 2.45) is 40.2 Å². The van der Waals surface area contributed by atoms with Crippen molar-refractivity contribution in [1.82, 2.24) is 15.5 Å². The van der Waals surface area contributed by atoms with Crippen LogP contribution in [0.25, 0.3) is 0 Å². The predicted octanol–water partition coefficient (Wildman–Crippen LogP) is 0.996. The summed E-state index contributed by atoms with van der Waals surface area (Å²) in [6, 6.07) is -2.54. The number of fused-ring (bicyclic) bond motifs is 1. The summed E-state index contributed by atoms with van der Waals surface area (Å²) >= 11 is 0. The minimum absolute atomic E-state index is 0.0527. The lowest BCUT2D eigenvalue weighted by molar-refractivity contribution is -0.146. The zero-order valence-electron chi connectivity index (χ0n) is 21.4. The van der Waals surface area contributed by atoms with E-state index in [4.69, 9.17) is 5.73 Å². The molecule has 2 saturated carbocycles. The molecule has 2 aliphatic carbocycles. The quantitative estimate of drug-likeness (QED) is 0.426. The van der Waals surface area contributed by atoms with E-state index in [9.17, 15) is 24.0 Å². The van der Waals surface area contributed by atoms with Gasteiger partial charge < -0.3 is 21.3 Å². The van der Waals surface area contributed by atoms with E-state index in [-0.39, 0.29) is 40.9 Å². The Labute approximate surface area is 201 Å². The number of nitrogens with two attached hydrogens (primary N) is 1. The first-order valence-corrected chi connectivity index (χ1v) is 12.3. The second-order valence-corrected chi connectivity index (χ2v) is 12.3. The minimum atomic E-state index is -1.07. The topological polar surface area (TPSA) is 139 Å². The maximum Gasteiger partial charge on any atom is 0.287 e. The second kappa shape index (κ2) is 8.96. The summed E-state index contributed by atoms with van der Waals surface area (Å²) in [4.78, 5) is 65.3. The Morgan fingerprint density at radius 3 is 2.12 bits per heavy atom. The van der Waals surface area contributed by atoms with Crippen molar-refractivity contribution in [3.8, 4) is 0 Å². The molecule has 9 heteroatoms. The molecule has 0 radical (unpaired) electrons. The van der Waals surface area contributed by atoms with Gasteiger partial charge in [-0.1, -0.05) is 61.3 Å². The van der Waals surface area contributed by atoms with E-state index >= 15 is 0 Å². The summed E-state index contributed by atoms with van der Waals surface area (Å²) in [5.41, 5.74) is 4.55. The highest BCUT2D eigenvalue weighted by Gasteiger charge is 2.69. The van der Waals surface area contributed by atoms with E-state index in [0.29, 0.717) is 13.0 Å². The number of Topliss-reactive ketones (excluding diaryl/α,β-unsaturated/α-hetero) is 1. The number of piperidine rings is 1. The van der Waals surface area contributed by atoms with Gasteiger partial charge in [0.25, 0.3) is 5.91 Å². The van der Waals surface area contributed by atoms with Crippen LogP contribution < -0.4 is 16.4 Å². The Kier molecular flexibility index (Phi) is 6.90. The Bertz CT molecular complexity index is 886. The molecule has 0 aromatic heterocycles. The van der Waals surface area contributed by atoms with Gasteiger partial charge in [-0.2, -0.15) is 0 Å². The van der Waals surface area contributed by atoms with Crippen molar-refractivity contribution in [2.45, 2.75) is 85.9 Å². The molecule has 1 saturated heterocycles. The number of primary amides is 1. The molecule has 0 aromatic rings. The van der Waals surface area contributed by atoms with Gasteiger partial charge in [0, 0.05) is 12.5 Å². The van der Waals surface area contributed by atoms with Crippen LogP contribution in [-0.4, -0.2) is 59.0 Å². The maximum absolute atomic E-state index is 13.7. The third kappa shape index (κ3) is 5.13. The number of rotatable bonds is 9. The number of hydrogen-bond donors (Lipinski definition) is 3. The van der Waals surface area contributed by atoms with Gasteiger partial charge in [0.15, 0.2) is 0 Å². The van der Waals surface area contributed by atoms with Crippen LogP contribution in [0.5, 0.6) is 0 Å². The van der Waals surface area contributed by atoms with Gasteiger partial charge >= 0.3 is 0 Å². The Hall–Kier alpha value is -2.45. The number of hydrogen-bond acceptors (Lipinski definition) is 5. The smallest absolute Gasteiger partial charge is 0.287 e. The average molecular weight is 477 g/mol. The van der Waals surface area contributed by atoms with E-state index in [0.717, 1.165) is 12.8 Å². The molecule has 3 rings (SSSR count). The summed E-state index contributed by atoms with van der Waals surface area (Å²) in [5, 5.41) is 5.63. The number of carbonyl (C=O) groups is 5. The summed E-state index contributed by atoms with van der Waals surface area (Å²) in [7, 11) is 0. The van der Waals surface area contributed by atoms with Crippen molar-refractivity contribution < 1.29 is 24.0 Å². The molecular weight excluding hydrogens is 436 g/mol. The lowest BCUT2D eigenvalue weighted by atomic mass is 9.84. The number of amides is 4. The van der Waals surface area contributed by atoms with Gasteiger partial charge in [0.2, 0.25) is 23.5 Å². The highest BCUT2D eigenvalue weighted by molar-refractivity contribution is 6.37. The number of carbonyl (C=O) groups excluding carboxylic acids is 5. The molecule has 0 aromatic carbocycles. The van der Waals surface area contributed by atoms with Crippen LogP contribution in [0, 0.1) is 34.5 Å². The predicted molar refractivity (Wildman–Crippen MR) is 126 cm³/mol. The van der Waals surface area contributed by atoms with E-state index in [2.05, 4.69) is 24.5 Å². The average Bonchev–Trinajstić information content (AvgIpc) is 3.56. The van der Waals surface area contributed by atoms with Gasteiger partial charge in [-0.25, -0.2) is 0 Å². The Morgan fingerprint density at radius 1 is 1.06 bits per heavy atom. The number of nitrogens with zero attached hydrogens (tertiary/aromatic N) is 1. The fourth-order valence-electron chi connectivity index (χ4n) is 5.28. The molecule has 4 N–H and O–H groups in total. The fourth-order valence-corrected chi connectivity index (χ4v) is 5.28. The summed E-state index contributed by atoms with van der Waals surface area (Å²) in [5.74, 6) is -2.74. The Morgan fingerprint density at radius 2 is 1.65 bits per heavy atom. The molecule has 9 nitrogen and oxygen atoms in total. The third-order valence-corrected chi connectivity index (χ3v) is 7.83. The van der Waals surface area contributed by atoms with Gasteiger partial charge in [-0.3, -0.25) is 24.0 Å². The van der Waals surface area contributed by atoms with Crippen molar-refractivity contribution in [1.29, 1.82) is 0 Å².